The normalized spacial score (nSPS) is 20.4. The lowest BCUT2D eigenvalue weighted by molar-refractivity contribution is -0.122. The lowest BCUT2D eigenvalue weighted by Gasteiger charge is -2.26. The zero-order valence-corrected chi connectivity index (χ0v) is 14.8. The van der Waals surface area contributed by atoms with E-state index in [0.717, 1.165) is 12.8 Å². The highest BCUT2D eigenvalue weighted by atomic mass is 16.6. The number of ether oxygens (including phenoxy) is 1. The molecule has 0 aliphatic carbocycles. The van der Waals surface area contributed by atoms with Crippen molar-refractivity contribution in [2.45, 2.75) is 53.1 Å². The fraction of sp³-hybridized carbons (Fsp3) is 0.611. The van der Waals surface area contributed by atoms with Gasteiger partial charge in [0.25, 0.3) is 0 Å². The zero-order chi connectivity index (χ0) is 17.5. The van der Waals surface area contributed by atoms with Crippen LogP contribution in [-0.2, 0) is 9.53 Å². The van der Waals surface area contributed by atoms with Crippen molar-refractivity contribution in [2.75, 3.05) is 6.54 Å². The van der Waals surface area contributed by atoms with E-state index in [4.69, 9.17) is 4.74 Å². The number of ketones is 1. The fourth-order valence-electron chi connectivity index (χ4n) is 2.10. The molecule has 0 saturated heterocycles. The second-order valence-corrected chi connectivity index (χ2v) is 7.11. The number of carbonyl (C=O) groups excluding carboxylic acids is 2. The molecular formula is C18H28N2O3. The summed E-state index contributed by atoms with van der Waals surface area (Å²) in [7, 11) is 0. The van der Waals surface area contributed by atoms with E-state index in [9.17, 15) is 9.59 Å². The molecule has 0 fully saturated rings. The Labute approximate surface area is 138 Å². The Morgan fingerprint density at radius 1 is 1.30 bits per heavy atom. The molecule has 0 aromatic heterocycles. The molecule has 128 valence electrons. The highest BCUT2D eigenvalue weighted by molar-refractivity contribution is 5.93. The lowest BCUT2D eigenvalue weighted by atomic mass is 9.85. The van der Waals surface area contributed by atoms with Gasteiger partial charge in [-0.15, -0.1) is 0 Å². The van der Waals surface area contributed by atoms with Gasteiger partial charge in [0, 0.05) is 12.4 Å². The average molecular weight is 320 g/mol. The highest BCUT2D eigenvalue weighted by Gasteiger charge is 2.29. The Hall–Kier alpha value is -1.91. The van der Waals surface area contributed by atoms with Gasteiger partial charge in [0.2, 0.25) is 0 Å². The number of rotatable bonds is 7. The lowest BCUT2D eigenvalue weighted by Crippen LogP contribution is -2.40. The Morgan fingerprint density at radius 3 is 2.65 bits per heavy atom. The van der Waals surface area contributed by atoms with Gasteiger partial charge >= 0.3 is 6.09 Å². The minimum atomic E-state index is -0.767. The van der Waals surface area contributed by atoms with Crippen LogP contribution in [0.1, 0.15) is 47.5 Å². The second kappa shape index (κ2) is 8.09. The summed E-state index contributed by atoms with van der Waals surface area (Å²) >= 11 is 0. The van der Waals surface area contributed by atoms with E-state index < -0.39 is 17.1 Å². The van der Waals surface area contributed by atoms with Crippen LogP contribution < -0.4 is 5.32 Å². The molecule has 0 saturated carbocycles. The number of alkyl carbamates (subject to hydrolysis) is 1. The van der Waals surface area contributed by atoms with Crippen molar-refractivity contribution in [3.63, 3.8) is 0 Å². The highest BCUT2D eigenvalue weighted by Crippen LogP contribution is 2.23. The summed E-state index contributed by atoms with van der Waals surface area (Å²) in [4.78, 5) is 28.2. The van der Waals surface area contributed by atoms with E-state index in [1.54, 1.807) is 37.6 Å². The maximum atomic E-state index is 12.3. The number of Topliss-reactive ketones (excluding diaryl/α,β-unsaturated/α-hetero) is 1. The van der Waals surface area contributed by atoms with E-state index in [1.165, 1.54) is 0 Å². The van der Waals surface area contributed by atoms with Gasteiger partial charge in [-0.25, -0.2) is 4.79 Å². The van der Waals surface area contributed by atoms with Crippen molar-refractivity contribution in [3.05, 3.63) is 24.4 Å². The number of nitrogens with zero attached hydrogens (tertiary/aromatic N) is 1. The molecule has 1 atom stereocenters. The molecule has 0 spiro atoms. The van der Waals surface area contributed by atoms with Crippen molar-refractivity contribution < 1.29 is 14.3 Å². The van der Waals surface area contributed by atoms with Gasteiger partial charge in [-0.2, -0.15) is 0 Å². The molecule has 1 heterocycles. The third kappa shape index (κ3) is 6.80. The number of nitrogens with one attached hydrogen (secondary N) is 1. The maximum absolute atomic E-state index is 12.3. The third-order valence-corrected chi connectivity index (χ3v) is 3.81. The van der Waals surface area contributed by atoms with E-state index >= 15 is 0 Å². The van der Waals surface area contributed by atoms with Gasteiger partial charge in [0.05, 0.1) is 12.0 Å². The van der Waals surface area contributed by atoms with E-state index in [0.29, 0.717) is 5.92 Å². The Morgan fingerprint density at radius 2 is 2.00 bits per heavy atom. The number of carbonyl (C=O) groups is 2. The summed E-state index contributed by atoms with van der Waals surface area (Å²) < 4.78 is 5.42. The first-order valence-corrected chi connectivity index (χ1v) is 8.03. The zero-order valence-electron chi connectivity index (χ0n) is 14.8. The molecule has 0 bridgehead atoms. The van der Waals surface area contributed by atoms with Crippen LogP contribution >= 0.6 is 0 Å². The SMILES string of the molecule is CC(C)CCC(C)(C)OC(=O)NCC(=O)C1(C)C=CC=NC=C1. The summed E-state index contributed by atoms with van der Waals surface area (Å²) in [5.74, 6) is 0.436. The molecule has 0 aromatic rings. The molecule has 1 N–H and O–H groups in total. The minimum absolute atomic E-state index is 0.0791. The summed E-state index contributed by atoms with van der Waals surface area (Å²) in [6.07, 6.45) is 9.62. The molecule has 0 radical (unpaired) electrons. The molecule has 1 aliphatic heterocycles. The standard InChI is InChI=1S/C18H28N2O3/c1-14(2)7-9-17(3,4)23-16(22)20-13-15(21)18(5)8-6-11-19-12-10-18/h6,8,10-12,14H,7,9,13H2,1-5H3,(H,20,22). The van der Waals surface area contributed by atoms with Gasteiger partial charge < -0.3 is 10.1 Å². The van der Waals surface area contributed by atoms with Crippen LogP contribution in [0.5, 0.6) is 0 Å². The van der Waals surface area contributed by atoms with E-state index in [1.807, 2.05) is 13.8 Å². The second-order valence-electron chi connectivity index (χ2n) is 7.11. The fourth-order valence-corrected chi connectivity index (χ4v) is 2.10. The molecule has 1 amide bonds. The van der Waals surface area contributed by atoms with Gasteiger partial charge in [0.1, 0.15) is 5.60 Å². The summed E-state index contributed by atoms with van der Waals surface area (Å²) in [6.45, 7) is 9.74. The largest absolute Gasteiger partial charge is 0.444 e. The number of hydrogen-bond donors (Lipinski definition) is 1. The number of allylic oxidation sites excluding steroid dienone is 3. The monoisotopic (exact) mass is 320 g/mol. The number of aliphatic imine (C=N–C) groups is 1. The van der Waals surface area contributed by atoms with Crippen molar-refractivity contribution in [2.24, 2.45) is 16.3 Å². The average Bonchev–Trinajstić information content (AvgIpc) is 2.68. The number of amides is 1. The molecule has 1 unspecified atom stereocenters. The predicted molar refractivity (Wildman–Crippen MR) is 92.5 cm³/mol. The van der Waals surface area contributed by atoms with E-state index in [-0.39, 0.29) is 12.3 Å². The van der Waals surface area contributed by atoms with Gasteiger partial charge in [-0.3, -0.25) is 9.79 Å². The van der Waals surface area contributed by atoms with E-state index in [2.05, 4.69) is 24.2 Å². The van der Waals surface area contributed by atoms with Crippen LogP contribution in [0.2, 0.25) is 0 Å². The third-order valence-electron chi connectivity index (χ3n) is 3.81. The smallest absolute Gasteiger partial charge is 0.408 e. The first-order chi connectivity index (χ1) is 10.6. The Balaban J connectivity index is 2.48. The van der Waals surface area contributed by atoms with Gasteiger partial charge in [0.15, 0.2) is 5.78 Å². The van der Waals surface area contributed by atoms with Crippen LogP contribution in [-0.4, -0.2) is 30.2 Å². The molecule has 1 aliphatic rings. The minimum Gasteiger partial charge on any atom is -0.444 e. The first-order valence-electron chi connectivity index (χ1n) is 8.03. The van der Waals surface area contributed by atoms with Crippen LogP contribution in [0.3, 0.4) is 0 Å². The molecule has 0 aromatic carbocycles. The molecule has 5 heteroatoms. The molecular weight excluding hydrogens is 292 g/mol. The summed E-state index contributed by atoms with van der Waals surface area (Å²) in [5, 5.41) is 2.55. The van der Waals surface area contributed by atoms with Gasteiger partial charge in [-0.05, 0) is 51.7 Å². The van der Waals surface area contributed by atoms with Crippen molar-refractivity contribution in [1.82, 2.24) is 5.32 Å². The summed E-state index contributed by atoms with van der Waals surface area (Å²) in [5.41, 5.74) is -1.31. The molecule has 23 heavy (non-hydrogen) atoms. The van der Waals surface area contributed by atoms with Crippen molar-refractivity contribution >= 4 is 18.1 Å². The van der Waals surface area contributed by atoms with Gasteiger partial charge in [-0.1, -0.05) is 19.9 Å². The first kappa shape index (κ1) is 19.1. The Bertz CT molecular complexity index is 500. The Kier molecular flexibility index (Phi) is 6.73. The van der Waals surface area contributed by atoms with Crippen LogP contribution in [0.25, 0.3) is 0 Å². The quantitative estimate of drug-likeness (QED) is 0.778. The van der Waals surface area contributed by atoms with Crippen LogP contribution in [0.4, 0.5) is 4.79 Å². The maximum Gasteiger partial charge on any atom is 0.408 e. The van der Waals surface area contributed by atoms with Crippen LogP contribution in [0.15, 0.2) is 29.4 Å². The molecule has 5 nitrogen and oxygen atoms in total. The topological polar surface area (TPSA) is 67.8 Å². The number of hydrogen-bond acceptors (Lipinski definition) is 4. The predicted octanol–water partition coefficient (Wildman–Crippen LogP) is 3.66. The summed E-state index contributed by atoms with van der Waals surface area (Å²) in [6, 6.07) is 0. The van der Waals surface area contributed by atoms with Crippen LogP contribution in [0, 0.1) is 11.3 Å². The molecule has 1 rings (SSSR count). The van der Waals surface area contributed by atoms with Crippen molar-refractivity contribution in [1.29, 1.82) is 0 Å². The van der Waals surface area contributed by atoms with Crippen molar-refractivity contribution in [3.8, 4) is 0 Å².